The van der Waals surface area contributed by atoms with Gasteiger partial charge in [0.15, 0.2) is 0 Å². The van der Waals surface area contributed by atoms with E-state index in [-0.39, 0.29) is 0 Å². The van der Waals surface area contributed by atoms with E-state index >= 15 is 0 Å². The Morgan fingerprint density at radius 2 is 1.56 bits per heavy atom. The van der Waals surface area contributed by atoms with Crippen molar-refractivity contribution in [3.63, 3.8) is 0 Å². The van der Waals surface area contributed by atoms with E-state index in [0.717, 1.165) is 22.5 Å². The number of rotatable bonds is 3. The molecule has 0 aromatic heterocycles. The third kappa shape index (κ3) is 2.69. The maximum atomic E-state index is 6.16. The van der Waals surface area contributed by atoms with E-state index in [9.17, 15) is 0 Å². The largest absolute Gasteiger partial charge is 0.398 e. The molecule has 0 fully saturated rings. The van der Waals surface area contributed by atoms with Gasteiger partial charge in [-0.05, 0) is 47.3 Å². The zero-order chi connectivity index (χ0) is 12.3. The molecule has 0 spiro atoms. The number of anilines is 1. The summed E-state index contributed by atoms with van der Waals surface area (Å²) < 4.78 is 0. The number of nitrogen functional groups attached to an aromatic ring is 1. The molecule has 16 heavy (non-hydrogen) atoms. The number of hydrogen-bond acceptors (Lipinski definition) is 3. The highest BCUT2D eigenvalue weighted by atomic mass is 32.1. The second-order valence-electron chi connectivity index (χ2n) is 4.55. The van der Waals surface area contributed by atoms with Gasteiger partial charge in [-0.15, -0.1) is 0 Å². The van der Waals surface area contributed by atoms with E-state index in [2.05, 4.69) is 50.1 Å². The van der Waals surface area contributed by atoms with Crippen molar-refractivity contribution in [1.29, 1.82) is 0 Å². The Labute approximate surface area is 103 Å². The summed E-state index contributed by atoms with van der Waals surface area (Å²) in [6, 6.07) is 3.98. The number of benzene rings is 1. The Balaban J connectivity index is 3.44. The summed E-state index contributed by atoms with van der Waals surface area (Å²) in [5.74, 6) is 0.774. The fourth-order valence-electron chi connectivity index (χ4n) is 1.76. The van der Waals surface area contributed by atoms with Crippen LogP contribution in [-0.4, -0.2) is 5.16 Å². The molecule has 0 saturated heterocycles. The molecule has 0 radical (unpaired) electrons. The van der Waals surface area contributed by atoms with Gasteiger partial charge in [0, 0.05) is 5.69 Å². The predicted molar refractivity (Wildman–Crippen MR) is 73.7 cm³/mol. The normalized spacial score (nSPS) is 10.6. The average molecular weight is 234 g/mol. The maximum absolute atomic E-state index is 6.16. The first-order valence-electron chi connectivity index (χ1n) is 5.48. The first-order valence-corrected chi connectivity index (χ1v) is 5.89. The van der Waals surface area contributed by atoms with Gasteiger partial charge >= 0.3 is 0 Å². The number of nitrogens with zero attached hydrogens (tertiary/aromatic N) is 1. The van der Waals surface area contributed by atoms with Crippen LogP contribution in [0.1, 0.15) is 50.7 Å². The molecule has 0 aliphatic rings. The van der Waals surface area contributed by atoms with Crippen LogP contribution >= 0.6 is 12.2 Å². The van der Waals surface area contributed by atoms with E-state index in [1.807, 2.05) is 12.1 Å². The van der Waals surface area contributed by atoms with Crippen molar-refractivity contribution in [3.8, 4) is 0 Å². The summed E-state index contributed by atoms with van der Waals surface area (Å²) in [6.45, 7) is 8.50. The van der Waals surface area contributed by atoms with Crippen molar-refractivity contribution in [2.24, 2.45) is 4.99 Å². The number of hydrogen-bond donors (Lipinski definition) is 1. The lowest BCUT2D eigenvalue weighted by molar-refractivity contribution is 0.840. The lowest BCUT2D eigenvalue weighted by Gasteiger charge is -2.17. The molecule has 2 N–H and O–H groups in total. The number of nitrogens with two attached hydrogens (primary N) is 1. The van der Waals surface area contributed by atoms with Crippen molar-refractivity contribution < 1.29 is 0 Å². The van der Waals surface area contributed by atoms with Crippen molar-refractivity contribution in [2.45, 2.75) is 39.5 Å². The van der Waals surface area contributed by atoms with Crippen molar-refractivity contribution in [3.05, 3.63) is 23.3 Å². The highest BCUT2D eigenvalue weighted by molar-refractivity contribution is 7.78. The quantitative estimate of drug-likeness (QED) is 0.482. The molecule has 1 aromatic rings. The Kier molecular flexibility index (Phi) is 4.22. The van der Waals surface area contributed by atoms with Crippen LogP contribution in [0.3, 0.4) is 0 Å². The van der Waals surface area contributed by atoms with E-state index < -0.39 is 0 Å². The highest BCUT2D eigenvalue weighted by Crippen LogP contribution is 2.34. The summed E-state index contributed by atoms with van der Waals surface area (Å²) >= 11 is 4.64. The van der Waals surface area contributed by atoms with Gasteiger partial charge in [0.2, 0.25) is 0 Å². The molecular formula is C13H18N2S. The summed E-state index contributed by atoms with van der Waals surface area (Å²) in [6.07, 6.45) is 0. The van der Waals surface area contributed by atoms with Gasteiger partial charge in [0.25, 0.3) is 0 Å². The van der Waals surface area contributed by atoms with Gasteiger partial charge < -0.3 is 5.73 Å². The maximum Gasteiger partial charge on any atom is 0.0746 e. The topological polar surface area (TPSA) is 38.4 Å². The van der Waals surface area contributed by atoms with Gasteiger partial charge in [-0.1, -0.05) is 27.7 Å². The van der Waals surface area contributed by atoms with Crippen LogP contribution in [0.5, 0.6) is 0 Å². The number of isothiocyanates is 1. The summed E-state index contributed by atoms with van der Waals surface area (Å²) in [4.78, 5) is 4.04. The lowest BCUT2D eigenvalue weighted by Crippen LogP contribution is -2.02. The van der Waals surface area contributed by atoms with Crippen molar-refractivity contribution in [2.75, 3.05) is 5.73 Å². The van der Waals surface area contributed by atoms with Crippen molar-refractivity contribution in [1.82, 2.24) is 0 Å². The molecule has 2 nitrogen and oxygen atoms in total. The molecule has 0 heterocycles. The summed E-state index contributed by atoms with van der Waals surface area (Å²) in [5.41, 5.74) is 10.2. The smallest absolute Gasteiger partial charge is 0.0746 e. The molecule has 0 unspecified atom stereocenters. The van der Waals surface area contributed by atoms with Gasteiger partial charge in [-0.2, -0.15) is 4.99 Å². The molecule has 0 aliphatic carbocycles. The van der Waals surface area contributed by atoms with Gasteiger partial charge in [-0.3, -0.25) is 0 Å². The minimum Gasteiger partial charge on any atom is -0.398 e. The highest BCUT2D eigenvalue weighted by Gasteiger charge is 2.12. The van der Waals surface area contributed by atoms with Crippen LogP contribution in [-0.2, 0) is 0 Å². The van der Waals surface area contributed by atoms with Gasteiger partial charge in [0.05, 0.1) is 10.8 Å². The fraction of sp³-hybridized carbons (Fsp3) is 0.462. The molecule has 0 amide bonds. The molecule has 1 aromatic carbocycles. The fourth-order valence-corrected chi connectivity index (χ4v) is 1.86. The van der Waals surface area contributed by atoms with Gasteiger partial charge in [-0.25, -0.2) is 0 Å². The Bertz CT molecular complexity index is 401. The second-order valence-corrected chi connectivity index (χ2v) is 4.73. The van der Waals surface area contributed by atoms with Gasteiger partial charge in [0.1, 0.15) is 0 Å². The molecule has 0 saturated carbocycles. The summed E-state index contributed by atoms with van der Waals surface area (Å²) in [5, 5.41) is 2.40. The zero-order valence-corrected chi connectivity index (χ0v) is 11.1. The molecular weight excluding hydrogens is 216 g/mol. The second kappa shape index (κ2) is 5.24. The monoisotopic (exact) mass is 234 g/mol. The minimum atomic E-state index is 0.387. The van der Waals surface area contributed by atoms with E-state index in [4.69, 9.17) is 5.73 Å². The van der Waals surface area contributed by atoms with Crippen LogP contribution < -0.4 is 5.73 Å². The molecule has 3 heteroatoms. The molecule has 86 valence electrons. The van der Waals surface area contributed by atoms with Crippen LogP contribution in [0.25, 0.3) is 0 Å². The molecule has 0 bridgehead atoms. The minimum absolute atomic E-state index is 0.387. The Morgan fingerprint density at radius 1 is 1.12 bits per heavy atom. The molecule has 1 rings (SSSR count). The lowest BCUT2D eigenvalue weighted by atomic mass is 9.92. The first-order chi connectivity index (χ1) is 7.47. The average Bonchev–Trinajstić information content (AvgIpc) is 2.19. The van der Waals surface area contributed by atoms with E-state index in [1.165, 1.54) is 0 Å². The van der Waals surface area contributed by atoms with Crippen LogP contribution in [0.2, 0.25) is 0 Å². The zero-order valence-electron chi connectivity index (χ0n) is 10.2. The summed E-state index contributed by atoms with van der Waals surface area (Å²) in [7, 11) is 0. The number of thiocarbonyl (C=S) groups is 1. The Morgan fingerprint density at radius 3 is 1.88 bits per heavy atom. The third-order valence-electron chi connectivity index (χ3n) is 2.65. The van der Waals surface area contributed by atoms with E-state index in [0.29, 0.717) is 11.8 Å². The predicted octanol–water partition coefficient (Wildman–Crippen LogP) is 4.25. The Hall–Kier alpha value is -1.18. The number of aliphatic imine (C=N–C) groups is 1. The van der Waals surface area contributed by atoms with Crippen LogP contribution in [0, 0.1) is 0 Å². The third-order valence-corrected chi connectivity index (χ3v) is 2.74. The van der Waals surface area contributed by atoms with Crippen LogP contribution in [0.15, 0.2) is 17.1 Å². The van der Waals surface area contributed by atoms with E-state index in [1.54, 1.807) is 0 Å². The molecule has 0 aliphatic heterocycles. The van der Waals surface area contributed by atoms with Crippen molar-refractivity contribution >= 4 is 28.8 Å². The first kappa shape index (κ1) is 12.9. The van der Waals surface area contributed by atoms with Crippen LogP contribution in [0.4, 0.5) is 11.4 Å². The standard InChI is InChI=1S/C13H18N2S/c1-8(2)11-5-10(15-7-16)6-12(9(3)4)13(11)14/h5-6,8-9H,14H2,1-4H3. The molecule has 0 atom stereocenters. The SMILES string of the molecule is CC(C)c1cc(N=C=S)cc(C(C)C)c1N.